The first kappa shape index (κ1) is 42.7. The molecule has 4 aromatic rings. The normalized spacial score (nSPS) is 15.2. The van der Waals surface area contributed by atoms with E-state index in [0.29, 0.717) is 0 Å². The van der Waals surface area contributed by atoms with Gasteiger partial charge in [-0.1, -0.05) is 6.07 Å². The third-order valence-corrected chi connectivity index (χ3v) is 6.85. The van der Waals surface area contributed by atoms with Crippen LogP contribution >= 0.6 is 0 Å². The number of likely N-dealkylation sites (N-methyl/N-ethyl adjacent to an activating group) is 1. The van der Waals surface area contributed by atoms with Crippen molar-refractivity contribution in [2.75, 3.05) is 33.8 Å². The van der Waals surface area contributed by atoms with Crippen molar-refractivity contribution >= 4 is 23.6 Å². The lowest BCUT2D eigenvalue weighted by atomic mass is 10.1. The molecule has 0 aliphatic carbocycles. The van der Waals surface area contributed by atoms with Gasteiger partial charge in [-0.3, -0.25) is 19.2 Å². The third kappa shape index (κ3) is 13.4. The highest BCUT2D eigenvalue weighted by Gasteiger charge is 2.39. The van der Waals surface area contributed by atoms with Crippen molar-refractivity contribution < 1.29 is 74.0 Å². The van der Waals surface area contributed by atoms with Gasteiger partial charge in [0, 0.05) is 44.8 Å². The van der Waals surface area contributed by atoms with Gasteiger partial charge in [0.15, 0.2) is 0 Å². The number of rotatable bonds is 5. The lowest BCUT2D eigenvalue weighted by molar-refractivity contribution is -0.193. The van der Waals surface area contributed by atoms with E-state index in [2.05, 4.69) is 74.9 Å². The predicted octanol–water partition coefficient (Wildman–Crippen LogP) is 5.79. The number of nitrogens with zero attached hydrogens (tertiary/aromatic N) is 5. The number of halogens is 9. The number of methoxy groups -OCH3 is 1. The average Bonchev–Trinajstić information content (AvgIpc) is 3.50. The average molecular weight is 756 g/mol. The summed E-state index contributed by atoms with van der Waals surface area (Å²) in [4.78, 5) is 40.8. The molecule has 5 rings (SSSR count). The molecule has 0 radical (unpaired) electrons. The lowest BCUT2D eigenvalue weighted by Crippen LogP contribution is -2.46. The van der Waals surface area contributed by atoms with Crippen LogP contribution in [-0.2, 0) is 20.9 Å². The van der Waals surface area contributed by atoms with Gasteiger partial charge in [0.05, 0.1) is 24.5 Å². The largest absolute Gasteiger partial charge is 0.497 e. The SMILES string of the molecule is COc1ccc(-c2cccc3nc(C4CN(Cc5ccncc5)CCN4C)cn23)cc1.O=C(O)C(F)(F)F.O=C(O)C(F)(F)F.O=C(O)C(F)(F)F. The molecule has 1 aliphatic heterocycles. The molecule has 4 heterocycles. The fourth-order valence-electron chi connectivity index (χ4n) is 4.33. The Kier molecular flexibility index (Phi) is 14.9. The molecule has 1 unspecified atom stereocenters. The minimum Gasteiger partial charge on any atom is -0.497 e. The van der Waals surface area contributed by atoms with Gasteiger partial charge in [-0.05, 0) is 66.7 Å². The highest BCUT2D eigenvalue weighted by atomic mass is 19.4. The van der Waals surface area contributed by atoms with Crippen LogP contribution in [0.4, 0.5) is 39.5 Å². The Morgan fingerprint density at radius 2 is 1.29 bits per heavy atom. The van der Waals surface area contributed by atoms with E-state index in [4.69, 9.17) is 39.4 Å². The van der Waals surface area contributed by atoms with Crippen molar-refractivity contribution in [2.24, 2.45) is 0 Å². The third-order valence-electron chi connectivity index (χ3n) is 6.85. The van der Waals surface area contributed by atoms with Crippen molar-refractivity contribution in [3.63, 3.8) is 0 Å². The first-order valence-corrected chi connectivity index (χ1v) is 14.4. The molecule has 3 N–H and O–H groups in total. The van der Waals surface area contributed by atoms with Gasteiger partial charge in [0.25, 0.3) is 0 Å². The molecule has 1 aromatic carbocycles. The Bertz CT molecular complexity index is 1710. The fourth-order valence-corrected chi connectivity index (χ4v) is 4.33. The summed E-state index contributed by atoms with van der Waals surface area (Å²) in [5.74, 6) is -7.41. The summed E-state index contributed by atoms with van der Waals surface area (Å²) >= 11 is 0. The maximum atomic E-state index is 10.6. The van der Waals surface area contributed by atoms with Gasteiger partial charge in [-0.15, -0.1) is 0 Å². The highest BCUT2D eigenvalue weighted by Crippen LogP contribution is 2.28. The number of aromatic nitrogens is 3. The molecular weight excluding hydrogens is 725 g/mol. The van der Waals surface area contributed by atoms with Crippen molar-refractivity contribution in [1.29, 1.82) is 0 Å². The standard InChI is InChI=1S/C25H27N5O.3C2HF3O2/c1-28-14-15-29(16-19-10-12-26-13-11-19)18-24(28)22-17-30-23(4-3-5-25(30)27-22)20-6-8-21(31-2)9-7-20;3*3-2(4,5)1(6)7/h3-13,17,24H,14-16,18H2,1-2H3;3*(H,6,7). The molecule has 1 fully saturated rings. The van der Waals surface area contributed by atoms with Crippen LogP contribution in [0.15, 0.2) is 73.2 Å². The predicted molar refractivity (Wildman–Crippen MR) is 163 cm³/mol. The van der Waals surface area contributed by atoms with Crippen LogP contribution in [0.25, 0.3) is 16.9 Å². The second-order valence-corrected chi connectivity index (χ2v) is 10.5. The smallest absolute Gasteiger partial charge is 0.490 e. The van der Waals surface area contributed by atoms with Gasteiger partial charge < -0.3 is 20.1 Å². The van der Waals surface area contributed by atoms with E-state index in [1.165, 1.54) is 5.56 Å². The summed E-state index contributed by atoms with van der Waals surface area (Å²) < 4.78 is 103. The summed E-state index contributed by atoms with van der Waals surface area (Å²) in [5, 5.41) is 21.4. The number of ether oxygens (including phenoxy) is 1. The molecule has 0 bridgehead atoms. The van der Waals surface area contributed by atoms with Gasteiger partial charge in [0.2, 0.25) is 0 Å². The number of hydrogen-bond donors (Lipinski definition) is 3. The Morgan fingerprint density at radius 3 is 1.75 bits per heavy atom. The quantitative estimate of drug-likeness (QED) is 0.212. The summed E-state index contributed by atoms with van der Waals surface area (Å²) in [5.41, 5.74) is 5.67. The number of piperazine rings is 1. The highest BCUT2D eigenvalue weighted by molar-refractivity contribution is 5.73. The second kappa shape index (κ2) is 18.2. The second-order valence-electron chi connectivity index (χ2n) is 10.5. The maximum Gasteiger partial charge on any atom is 0.490 e. The van der Waals surface area contributed by atoms with E-state index in [1.54, 1.807) is 7.11 Å². The van der Waals surface area contributed by atoms with Crippen LogP contribution in [0, 0.1) is 0 Å². The number of fused-ring (bicyclic) bond motifs is 1. The van der Waals surface area contributed by atoms with Crippen LogP contribution in [0.2, 0.25) is 0 Å². The number of aliphatic carboxylic acids is 3. The van der Waals surface area contributed by atoms with Crippen LogP contribution in [0.1, 0.15) is 17.3 Å². The van der Waals surface area contributed by atoms with Crippen LogP contribution < -0.4 is 4.74 Å². The van der Waals surface area contributed by atoms with Gasteiger partial charge in [-0.2, -0.15) is 39.5 Å². The topological polar surface area (TPSA) is 158 Å². The Hall–Kier alpha value is -5.44. The number of carboxylic acid groups (broad SMARTS) is 3. The zero-order valence-corrected chi connectivity index (χ0v) is 26.9. The zero-order chi connectivity index (χ0) is 39.4. The molecule has 3 aromatic heterocycles. The first-order valence-electron chi connectivity index (χ1n) is 14.4. The van der Waals surface area contributed by atoms with Crippen molar-refractivity contribution in [3.8, 4) is 17.0 Å². The minimum atomic E-state index is -5.08. The Labute approximate surface area is 288 Å². The fraction of sp³-hybridized carbons (Fsp3) is 0.323. The number of alkyl halides is 9. The lowest BCUT2D eigenvalue weighted by Gasteiger charge is -2.38. The van der Waals surface area contributed by atoms with Gasteiger partial charge in [-0.25, -0.2) is 19.4 Å². The monoisotopic (exact) mass is 755 g/mol. The summed E-state index contributed by atoms with van der Waals surface area (Å²) in [6.07, 6.45) is -9.32. The minimum absolute atomic E-state index is 0.263. The molecule has 12 nitrogen and oxygen atoms in total. The number of benzene rings is 1. The Morgan fingerprint density at radius 1 is 0.788 bits per heavy atom. The van der Waals surface area contributed by atoms with E-state index < -0.39 is 36.4 Å². The van der Waals surface area contributed by atoms with Crippen LogP contribution in [0.5, 0.6) is 5.75 Å². The molecule has 0 saturated carbocycles. The number of imidazole rings is 1. The summed E-state index contributed by atoms with van der Waals surface area (Å²) in [6, 6.07) is 18.9. The van der Waals surface area contributed by atoms with Crippen molar-refractivity contribution in [2.45, 2.75) is 31.1 Å². The van der Waals surface area contributed by atoms with E-state index >= 15 is 0 Å². The summed E-state index contributed by atoms with van der Waals surface area (Å²) in [7, 11) is 3.89. The van der Waals surface area contributed by atoms with Crippen LogP contribution in [0.3, 0.4) is 0 Å². The number of carbonyl (C=O) groups is 3. The summed E-state index contributed by atoms with van der Waals surface area (Å²) in [6.45, 7) is 3.98. The number of hydrogen-bond acceptors (Lipinski definition) is 8. The van der Waals surface area contributed by atoms with Gasteiger partial charge >= 0.3 is 36.4 Å². The van der Waals surface area contributed by atoms with E-state index in [9.17, 15) is 39.5 Å². The molecule has 1 aliphatic rings. The zero-order valence-electron chi connectivity index (χ0n) is 26.9. The molecular formula is C31H30F9N5O7. The van der Waals surface area contributed by atoms with E-state index in [0.717, 1.165) is 54.5 Å². The van der Waals surface area contributed by atoms with Crippen molar-refractivity contribution in [3.05, 3.63) is 84.4 Å². The number of pyridine rings is 2. The van der Waals surface area contributed by atoms with E-state index in [-0.39, 0.29) is 6.04 Å². The molecule has 52 heavy (non-hydrogen) atoms. The molecule has 1 atom stereocenters. The molecule has 0 amide bonds. The van der Waals surface area contributed by atoms with E-state index in [1.807, 2.05) is 24.5 Å². The maximum absolute atomic E-state index is 10.6. The molecule has 0 spiro atoms. The Balaban J connectivity index is 0.000000365. The molecule has 21 heteroatoms. The number of carboxylic acids is 3. The molecule has 284 valence electrons. The van der Waals surface area contributed by atoms with Crippen LogP contribution in [-0.4, -0.2) is 110 Å². The van der Waals surface area contributed by atoms with Gasteiger partial charge in [0.1, 0.15) is 11.4 Å². The first-order chi connectivity index (χ1) is 24.0. The molecule has 1 saturated heterocycles. The van der Waals surface area contributed by atoms with Crippen molar-refractivity contribution in [1.82, 2.24) is 24.2 Å².